The molecule has 2 atom stereocenters. The molecular weight excluding hydrogens is 653 g/mol. The Morgan fingerprint density at radius 1 is 0.511 bits per heavy atom. The molecule has 0 aromatic carbocycles. The second-order valence-electron chi connectivity index (χ2n) is 11.7. The fraction of sp³-hybridized carbons (Fsp3) is 1.00. The molecule has 0 bridgehead atoms. The highest BCUT2D eigenvalue weighted by Gasteiger charge is 2.51. The highest BCUT2D eigenvalue weighted by atomic mass is 28.4. The number of hydrogen-bond acceptors (Lipinski definition) is 13. The van der Waals surface area contributed by atoms with Gasteiger partial charge in [0.25, 0.3) is 0 Å². The summed E-state index contributed by atoms with van der Waals surface area (Å²) in [5, 5.41) is 0. The summed E-state index contributed by atoms with van der Waals surface area (Å²) in [7, 11) is 7.07. The van der Waals surface area contributed by atoms with Gasteiger partial charge in [-0.3, -0.25) is 9.13 Å². The fourth-order valence-corrected chi connectivity index (χ4v) is 17.2. The molecule has 13 nitrogen and oxygen atoms in total. The van der Waals surface area contributed by atoms with Crippen LogP contribution in [0.4, 0.5) is 0 Å². The van der Waals surface area contributed by atoms with Crippen LogP contribution in [0, 0.1) is 0 Å². The molecule has 0 N–H and O–H groups in total. The van der Waals surface area contributed by atoms with E-state index in [-0.39, 0.29) is 12.1 Å². The Morgan fingerprint density at radius 3 is 1.13 bits per heavy atom. The number of nitrogens with zero attached hydrogens (tertiary/aromatic N) is 2. The first-order valence-electron chi connectivity index (χ1n) is 16.3. The van der Waals surface area contributed by atoms with Crippen molar-refractivity contribution in [1.29, 1.82) is 0 Å². The van der Waals surface area contributed by atoms with Crippen molar-refractivity contribution in [3.63, 3.8) is 0 Å². The van der Waals surface area contributed by atoms with E-state index < -0.39 is 35.1 Å². The van der Waals surface area contributed by atoms with Crippen LogP contribution >= 0.6 is 0 Å². The van der Waals surface area contributed by atoms with Gasteiger partial charge in [0.2, 0.25) is 0 Å². The van der Waals surface area contributed by atoms with E-state index in [0.717, 1.165) is 88.6 Å². The van der Waals surface area contributed by atoms with Crippen LogP contribution in [0.5, 0.6) is 0 Å². The van der Waals surface area contributed by atoms with Crippen molar-refractivity contribution < 1.29 is 49.0 Å². The molecule has 2 aliphatic rings. The van der Waals surface area contributed by atoms with Crippen LogP contribution in [0.3, 0.4) is 0 Å². The van der Waals surface area contributed by atoms with Crippen LogP contribution < -0.4 is 0 Å². The van der Waals surface area contributed by atoms with E-state index in [9.17, 15) is 0 Å². The molecule has 2 aliphatic heterocycles. The summed E-state index contributed by atoms with van der Waals surface area (Å²) in [5.41, 5.74) is 0. The molecule has 2 fully saturated rings. The van der Waals surface area contributed by atoms with Gasteiger partial charge in [0.05, 0.1) is 0 Å². The summed E-state index contributed by atoms with van der Waals surface area (Å²) in [6.45, 7) is 3.29. The molecule has 268 valence electrons. The molecule has 0 spiro atoms. The summed E-state index contributed by atoms with van der Waals surface area (Å²) in [6, 6.07) is 4.04. The quantitative estimate of drug-likeness (QED) is 0.0960. The van der Waals surface area contributed by atoms with Gasteiger partial charge in [-0.1, -0.05) is 0 Å². The Bertz CT molecular complexity index is 715. The average Bonchev–Trinajstić information content (AvgIpc) is 3.72. The third-order valence-corrected chi connectivity index (χ3v) is 23.0. The van der Waals surface area contributed by atoms with E-state index in [4.69, 9.17) is 49.0 Å². The Hall–Kier alpha value is 0.348. The second-order valence-corrected chi connectivity index (χ2v) is 24.5. The predicted octanol–water partition coefficient (Wildman–Crippen LogP) is 3.71. The van der Waals surface area contributed by atoms with Gasteiger partial charge in [-0.25, -0.2) is 0 Å². The van der Waals surface area contributed by atoms with Crippen LogP contribution in [-0.4, -0.2) is 154 Å². The smallest absolute Gasteiger partial charge is 0.386 e. The minimum absolute atomic E-state index is 0.281. The molecule has 2 saturated heterocycles. The van der Waals surface area contributed by atoms with Gasteiger partial charge in [0, 0.05) is 121 Å². The molecule has 0 aromatic rings. The zero-order valence-electron chi connectivity index (χ0n) is 29.9. The number of hydrogen-bond donors (Lipinski definition) is 0. The maximum Gasteiger partial charge on any atom is 0.500 e. The van der Waals surface area contributed by atoms with Crippen LogP contribution in [0.25, 0.3) is 0 Å². The van der Waals surface area contributed by atoms with Crippen LogP contribution in [0.15, 0.2) is 0 Å². The highest BCUT2D eigenvalue weighted by molar-refractivity contribution is 6.65. The van der Waals surface area contributed by atoms with Gasteiger partial charge in [-0.15, -0.1) is 0 Å². The second kappa shape index (κ2) is 20.8. The zero-order chi connectivity index (χ0) is 33.4. The van der Waals surface area contributed by atoms with Crippen molar-refractivity contribution in [2.24, 2.45) is 0 Å². The number of ether oxygens (including phenoxy) is 1. The van der Waals surface area contributed by atoms with Crippen LogP contribution in [-0.2, 0) is 49.0 Å². The summed E-state index contributed by atoms with van der Waals surface area (Å²) in [5.74, 6) is 0. The van der Waals surface area contributed by atoms with Crippen molar-refractivity contribution in [2.45, 2.75) is 87.6 Å². The van der Waals surface area contributed by atoms with Gasteiger partial charge < -0.3 is 49.0 Å². The maximum absolute atomic E-state index is 6.39. The van der Waals surface area contributed by atoms with Crippen molar-refractivity contribution in [3.05, 3.63) is 0 Å². The van der Waals surface area contributed by atoms with Gasteiger partial charge in [-0.05, 0) is 64.5 Å². The molecular formula is C28H64N2O11Si4. The third kappa shape index (κ3) is 10.7. The molecule has 45 heavy (non-hydrogen) atoms. The maximum atomic E-state index is 6.39. The topological polar surface area (TPSA) is 108 Å². The molecule has 0 aliphatic carbocycles. The van der Waals surface area contributed by atoms with Gasteiger partial charge in [-0.2, -0.15) is 0 Å². The predicted molar refractivity (Wildman–Crippen MR) is 181 cm³/mol. The van der Waals surface area contributed by atoms with Gasteiger partial charge in [0.1, 0.15) is 0 Å². The molecule has 17 heteroatoms. The Balaban J connectivity index is 2.05. The van der Waals surface area contributed by atoms with Crippen molar-refractivity contribution in [2.75, 3.05) is 97.4 Å². The van der Waals surface area contributed by atoms with Crippen molar-refractivity contribution in [1.82, 2.24) is 9.13 Å². The van der Waals surface area contributed by atoms with Crippen LogP contribution in [0.2, 0.25) is 24.2 Å². The Labute approximate surface area is 277 Å². The normalized spacial score (nSPS) is 20.7. The van der Waals surface area contributed by atoms with Gasteiger partial charge >= 0.3 is 35.1 Å². The minimum Gasteiger partial charge on any atom is -0.386 e. The first-order chi connectivity index (χ1) is 21.7. The Morgan fingerprint density at radius 2 is 0.844 bits per heavy atom. The average molecular weight is 717 g/mol. The standard InChI is InChI=1S/C28H64N2O11Si4/c1-31-42(32-2)23-13-19-29(42)27(15-11-25-44(35-5,36-6)37-7)17-21-41-22-18-28(16-12-26-45(38-8,39-9)40-10)30-20-14-24-43(30,33-3)34-4/h27-28H,11-26H2,1-10H3. The van der Waals surface area contributed by atoms with E-state index in [1.807, 2.05) is 0 Å². The van der Waals surface area contributed by atoms with E-state index in [1.54, 1.807) is 71.1 Å². The minimum atomic E-state index is -2.64. The fourth-order valence-electron chi connectivity index (χ4n) is 7.21. The van der Waals surface area contributed by atoms with E-state index in [2.05, 4.69) is 9.13 Å². The highest BCUT2D eigenvalue weighted by Crippen LogP contribution is 2.34. The number of rotatable bonds is 26. The molecule has 0 saturated carbocycles. The lowest BCUT2D eigenvalue weighted by molar-refractivity contribution is 0.0773. The lowest BCUT2D eigenvalue weighted by Crippen LogP contribution is -2.57. The van der Waals surface area contributed by atoms with E-state index in [0.29, 0.717) is 13.2 Å². The van der Waals surface area contributed by atoms with Crippen LogP contribution in [0.1, 0.15) is 51.4 Å². The lowest BCUT2D eigenvalue weighted by Gasteiger charge is -2.39. The van der Waals surface area contributed by atoms with E-state index in [1.165, 1.54) is 0 Å². The third-order valence-electron chi connectivity index (χ3n) is 9.91. The zero-order valence-corrected chi connectivity index (χ0v) is 33.9. The SMILES string of the molecule is CO[Si](CCCC(CCOCCC(CCC[Si](OC)(OC)OC)N1CCC[Si]1(OC)OC)N1CCC[Si]1(OC)OC)(OC)OC. The monoisotopic (exact) mass is 716 g/mol. The van der Waals surface area contributed by atoms with Crippen molar-refractivity contribution >= 4 is 35.1 Å². The van der Waals surface area contributed by atoms with Gasteiger partial charge in [0.15, 0.2) is 0 Å². The molecule has 2 rings (SSSR count). The van der Waals surface area contributed by atoms with Crippen molar-refractivity contribution in [3.8, 4) is 0 Å². The first-order valence-corrected chi connectivity index (χ1v) is 24.1. The summed E-state index contributed by atoms with van der Waals surface area (Å²) < 4.78 is 69.8. The molecule has 0 amide bonds. The molecule has 2 unspecified atom stereocenters. The summed E-state index contributed by atoms with van der Waals surface area (Å²) in [6.07, 6.45) is 7.74. The van der Waals surface area contributed by atoms with E-state index >= 15 is 0 Å². The molecule has 0 radical (unpaired) electrons. The Kier molecular flexibility index (Phi) is 19.2. The summed E-state index contributed by atoms with van der Waals surface area (Å²) in [4.78, 5) is 0. The lowest BCUT2D eigenvalue weighted by atomic mass is 10.1. The largest absolute Gasteiger partial charge is 0.500 e. The molecule has 2 heterocycles. The molecule has 0 aromatic heterocycles. The summed E-state index contributed by atoms with van der Waals surface area (Å²) >= 11 is 0. The first kappa shape index (κ1) is 41.5.